The Hall–Kier alpha value is 0.440. The van der Waals surface area contributed by atoms with Gasteiger partial charge >= 0.3 is 0 Å². The molecule has 0 spiro atoms. The Morgan fingerprint density at radius 2 is 2.00 bits per heavy atom. The van der Waals surface area contributed by atoms with E-state index in [2.05, 4.69) is 36.7 Å². The maximum atomic E-state index is 5.74. The van der Waals surface area contributed by atoms with Crippen LogP contribution in [0.5, 0.6) is 0 Å². The van der Waals surface area contributed by atoms with Gasteiger partial charge in [-0.1, -0.05) is 49.5 Å². The van der Waals surface area contributed by atoms with Crippen LogP contribution in [0.3, 0.4) is 0 Å². The van der Waals surface area contributed by atoms with E-state index in [-0.39, 0.29) is 0 Å². The van der Waals surface area contributed by atoms with E-state index in [4.69, 9.17) is 4.74 Å². The van der Waals surface area contributed by atoms with Gasteiger partial charge in [0, 0.05) is 11.4 Å². The molecule has 1 heterocycles. The first kappa shape index (κ1) is 15.8. The largest absolute Gasteiger partial charge is 0.378 e. The molecule has 1 saturated heterocycles. The van der Waals surface area contributed by atoms with E-state index in [0.29, 0.717) is 11.5 Å². The van der Waals surface area contributed by atoms with E-state index in [9.17, 15) is 0 Å². The minimum Gasteiger partial charge on any atom is -0.378 e. The van der Waals surface area contributed by atoms with Crippen LogP contribution in [-0.4, -0.2) is 17.5 Å². The third kappa shape index (κ3) is 4.46. The predicted octanol–water partition coefficient (Wildman–Crippen LogP) is 5.56. The van der Waals surface area contributed by atoms with E-state index in [1.807, 2.05) is 0 Å². The number of halogens is 1. The van der Waals surface area contributed by atoms with Crippen molar-refractivity contribution in [2.45, 2.75) is 83.1 Å². The van der Waals surface area contributed by atoms with Gasteiger partial charge in [-0.2, -0.15) is 0 Å². The van der Waals surface area contributed by atoms with Crippen molar-refractivity contribution in [3.05, 3.63) is 0 Å². The predicted molar refractivity (Wildman–Crippen MR) is 85.8 cm³/mol. The maximum absolute atomic E-state index is 5.74. The second-order valence-corrected chi connectivity index (χ2v) is 8.73. The lowest BCUT2D eigenvalue weighted by atomic mass is 9.67. The summed E-state index contributed by atoms with van der Waals surface area (Å²) in [5.74, 6) is 1.76. The lowest BCUT2D eigenvalue weighted by Gasteiger charge is -2.42. The number of hydrogen-bond donors (Lipinski definition) is 0. The number of ether oxygens (including phenoxy) is 1. The first-order chi connectivity index (χ1) is 8.99. The zero-order valence-electron chi connectivity index (χ0n) is 13.0. The van der Waals surface area contributed by atoms with Gasteiger partial charge in [0.25, 0.3) is 0 Å². The Kier molecular flexibility index (Phi) is 5.77. The van der Waals surface area contributed by atoms with E-state index in [1.165, 1.54) is 51.4 Å². The van der Waals surface area contributed by atoms with Gasteiger partial charge in [0.2, 0.25) is 0 Å². The minimum atomic E-state index is 0.479. The van der Waals surface area contributed by atoms with Gasteiger partial charge in [-0.15, -0.1) is 0 Å². The van der Waals surface area contributed by atoms with Crippen molar-refractivity contribution in [1.29, 1.82) is 0 Å². The molecule has 1 nitrogen and oxygen atoms in total. The minimum absolute atomic E-state index is 0.479. The molecule has 2 heteroatoms. The molecule has 19 heavy (non-hydrogen) atoms. The molecule has 0 bridgehead atoms. The smallest absolute Gasteiger partial charge is 0.0576 e. The molecule has 0 aromatic heterocycles. The molecule has 1 saturated carbocycles. The summed E-state index contributed by atoms with van der Waals surface area (Å²) in [6.45, 7) is 8.36. The van der Waals surface area contributed by atoms with Gasteiger partial charge in [-0.05, 0) is 55.8 Å². The first-order valence-electron chi connectivity index (χ1n) is 8.24. The van der Waals surface area contributed by atoms with Gasteiger partial charge in [0.05, 0.1) is 6.10 Å². The highest BCUT2D eigenvalue weighted by atomic mass is 79.9. The Bertz CT molecular complexity index is 270. The fraction of sp³-hybridized carbons (Fsp3) is 1.00. The molecule has 2 fully saturated rings. The van der Waals surface area contributed by atoms with Crippen LogP contribution in [0, 0.1) is 17.3 Å². The number of hydrogen-bond acceptors (Lipinski definition) is 1. The van der Waals surface area contributed by atoms with Crippen LogP contribution in [-0.2, 0) is 4.74 Å². The Morgan fingerprint density at radius 3 is 2.63 bits per heavy atom. The van der Waals surface area contributed by atoms with Crippen molar-refractivity contribution < 1.29 is 4.74 Å². The molecule has 4 atom stereocenters. The molecular weight excluding hydrogens is 300 g/mol. The van der Waals surface area contributed by atoms with Crippen LogP contribution in [0.15, 0.2) is 0 Å². The van der Waals surface area contributed by atoms with Gasteiger partial charge in [0.15, 0.2) is 0 Å². The highest BCUT2D eigenvalue weighted by Crippen LogP contribution is 2.46. The molecule has 0 radical (unpaired) electrons. The summed E-state index contributed by atoms with van der Waals surface area (Å²) < 4.78 is 5.74. The molecule has 1 aliphatic carbocycles. The summed E-state index contributed by atoms with van der Waals surface area (Å²) in [5.41, 5.74) is 0.479. The second kappa shape index (κ2) is 6.93. The number of rotatable bonds is 5. The van der Waals surface area contributed by atoms with E-state index < -0.39 is 0 Å². The molecule has 4 unspecified atom stereocenters. The van der Waals surface area contributed by atoms with Crippen molar-refractivity contribution in [3.63, 3.8) is 0 Å². The molecule has 0 aromatic rings. The summed E-state index contributed by atoms with van der Waals surface area (Å²) in [5, 5.41) is 0. The van der Waals surface area contributed by atoms with Crippen LogP contribution in [0.4, 0.5) is 0 Å². The molecule has 0 N–H and O–H groups in total. The van der Waals surface area contributed by atoms with E-state index in [0.717, 1.165) is 23.3 Å². The van der Waals surface area contributed by atoms with Gasteiger partial charge in [0.1, 0.15) is 0 Å². The monoisotopic (exact) mass is 330 g/mol. The van der Waals surface area contributed by atoms with Crippen molar-refractivity contribution in [3.8, 4) is 0 Å². The Labute approximate surface area is 128 Å². The average Bonchev–Trinajstić information content (AvgIpc) is 2.81. The molecule has 2 aliphatic rings. The zero-order valence-corrected chi connectivity index (χ0v) is 14.5. The molecule has 112 valence electrons. The second-order valence-electron chi connectivity index (χ2n) is 7.56. The van der Waals surface area contributed by atoms with Crippen molar-refractivity contribution in [2.24, 2.45) is 17.3 Å². The van der Waals surface area contributed by atoms with E-state index >= 15 is 0 Å². The topological polar surface area (TPSA) is 9.23 Å². The fourth-order valence-electron chi connectivity index (χ4n) is 4.03. The lowest BCUT2D eigenvalue weighted by Crippen LogP contribution is -2.35. The Morgan fingerprint density at radius 1 is 1.21 bits per heavy atom. The zero-order chi connectivity index (χ0) is 13.9. The van der Waals surface area contributed by atoms with Crippen LogP contribution in [0.25, 0.3) is 0 Å². The SMILES string of the molecule is CC1CCC(C(C)(C)CCCC2CCCO2)C(Br)C1. The molecule has 1 aliphatic heterocycles. The van der Waals surface area contributed by atoms with Gasteiger partial charge in [-0.3, -0.25) is 0 Å². The lowest BCUT2D eigenvalue weighted by molar-refractivity contribution is 0.0891. The quantitative estimate of drug-likeness (QED) is 0.599. The summed E-state index contributed by atoms with van der Waals surface area (Å²) >= 11 is 3.96. The third-order valence-corrected chi connectivity index (χ3v) is 6.42. The summed E-state index contributed by atoms with van der Waals surface area (Å²) in [7, 11) is 0. The highest BCUT2D eigenvalue weighted by Gasteiger charge is 2.37. The van der Waals surface area contributed by atoms with Crippen LogP contribution >= 0.6 is 15.9 Å². The molecule has 0 amide bonds. The average molecular weight is 331 g/mol. The van der Waals surface area contributed by atoms with Gasteiger partial charge in [-0.25, -0.2) is 0 Å². The Balaban J connectivity index is 1.76. The van der Waals surface area contributed by atoms with Gasteiger partial charge < -0.3 is 4.74 Å². The molecular formula is C17H31BrO. The summed E-state index contributed by atoms with van der Waals surface area (Å²) in [6.07, 6.45) is 11.3. The van der Waals surface area contributed by atoms with Crippen LogP contribution in [0.1, 0.15) is 72.1 Å². The standard InChI is InChI=1S/C17H31BrO/c1-13-8-9-15(16(18)12-13)17(2,3)10-4-6-14-7-5-11-19-14/h13-16H,4-12H2,1-3H3. The number of alkyl halides is 1. The fourth-order valence-corrected chi connectivity index (χ4v) is 5.65. The molecule has 2 rings (SSSR count). The highest BCUT2D eigenvalue weighted by molar-refractivity contribution is 9.09. The summed E-state index contributed by atoms with van der Waals surface area (Å²) in [6, 6.07) is 0. The first-order valence-corrected chi connectivity index (χ1v) is 9.16. The van der Waals surface area contributed by atoms with E-state index in [1.54, 1.807) is 0 Å². The van der Waals surface area contributed by atoms with Crippen LogP contribution < -0.4 is 0 Å². The normalized spacial score (nSPS) is 36.6. The third-order valence-electron chi connectivity index (χ3n) is 5.41. The molecule has 0 aromatic carbocycles. The maximum Gasteiger partial charge on any atom is 0.0576 e. The van der Waals surface area contributed by atoms with Crippen LogP contribution in [0.2, 0.25) is 0 Å². The van der Waals surface area contributed by atoms with Crippen molar-refractivity contribution >= 4 is 15.9 Å². The van der Waals surface area contributed by atoms with Crippen molar-refractivity contribution in [2.75, 3.05) is 6.61 Å². The summed E-state index contributed by atoms with van der Waals surface area (Å²) in [4.78, 5) is 0.731. The van der Waals surface area contributed by atoms with Crippen molar-refractivity contribution in [1.82, 2.24) is 0 Å².